The van der Waals surface area contributed by atoms with Gasteiger partial charge in [-0.2, -0.15) is 0 Å². The van der Waals surface area contributed by atoms with E-state index in [4.69, 9.17) is 10.5 Å². The molecule has 0 aliphatic heterocycles. The zero-order chi connectivity index (χ0) is 16.7. The molecule has 0 aromatic heterocycles. The smallest absolute Gasteiger partial charge is 0.221 e. The minimum Gasteiger partial charge on any atom is -0.370 e. The summed E-state index contributed by atoms with van der Waals surface area (Å²) in [5, 5.41) is 0. The van der Waals surface area contributed by atoms with Crippen molar-refractivity contribution in [2.45, 2.75) is 32.2 Å². The zero-order valence-electron chi connectivity index (χ0n) is 13.7. The van der Waals surface area contributed by atoms with Gasteiger partial charge in [0.05, 0.1) is 6.42 Å². The Hall–Kier alpha value is -2.17. The van der Waals surface area contributed by atoms with Gasteiger partial charge >= 0.3 is 0 Å². The lowest BCUT2D eigenvalue weighted by molar-refractivity contribution is -0.151. The van der Waals surface area contributed by atoms with E-state index in [0.29, 0.717) is 13.1 Å². The van der Waals surface area contributed by atoms with Crippen molar-refractivity contribution in [2.24, 2.45) is 5.73 Å². The number of hydrogen-bond donors (Lipinski definition) is 1. The lowest BCUT2D eigenvalue weighted by atomic mass is 10.1. The molecule has 1 atom stereocenters. The molecule has 0 saturated heterocycles. The Bertz CT molecular complexity index is 574. The van der Waals surface area contributed by atoms with Gasteiger partial charge in [0.2, 0.25) is 5.91 Å². The van der Waals surface area contributed by atoms with Crippen LogP contribution in [0.4, 0.5) is 0 Å². The van der Waals surface area contributed by atoms with Gasteiger partial charge in [-0.15, -0.1) is 0 Å². The SMILES string of the molecule is COC(C)(CC(N)=O)N(Cc1ccccc1)Cc1ccccc1. The maximum absolute atomic E-state index is 11.5. The summed E-state index contributed by atoms with van der Waals surface area (Å²) >= 11 is 0. The van der Waals surface area contributed by atoms with Crippen LogP contribution in [0, 0.1) is 0 Å². The third-order valence-corrected chi connectivity index (χ3v) is 4.04. The molecule has 0 saturated carbocycles. The predicted octanol–water partition coefficient (Wildman–Crippen LogP) is 2.93. The molecule has 0 spiro atoms. The van der Waals surface area contributed by atoms with Gasteiger partial charge in [-0.05, 0) is 18.1 Å². The number of ether oxygens (including phenoxy) is 1. The molecular weight excluding hydrogens is 288 g/mol. The number of nitrogens with zero attached hydrogens (tertiary/aromatic N) is 1. The molecule has 0 heterocycles. The van der Waals surface area contributed by atoms with Crippen LogP contribution in [-0.4, -0.2) is 23.6 Å². The predicted molar refractivity (Wildman–Crippen MR) is 91.4 cm³/mol. The summed E-state index contributed by atoms with van der Waals surface area (Å²) in [4.78, 5) is 13.6. The van der Waals surface area contributed by atoms with E-state index >= 15 is 0 Å². The number of carbonyl (C=O) groups excluding carboxylic acids is 1. The fraction of sp³-hybridized carbons (Fsp3) is 0.316. The molecule has 0 aliphatic rings. The van der Waals surface area contributed by atoms with E-state index in [2.05, 4.69) is 29.2 Å². The summed E-state index contributed by atoms with van der Waals surface area (Å²) < 4.78 is 5.68. The lowest BCUT2D eigenvalue weighted by Gasteiger charge is -2.39. The number of primary amides is 1. The van der Waals surface area contributed by atoms with Crippen LogP contribution < -0.4 is 5.73 Å². The maximum Gasteiger partial charge on any atom is 0.221 e. The molecule has 23 heavy (non-hydrogen) atoms. The summed E-state index contributed by atoms with van der Waals surface area (Å²) in [6.45, 7) is 3.25. The van der Waals surface area contributed by atoms with Crippen molar-refractivity contribution in [1.82, 2.24) is 4.90 Å². The van der Waals surface area contributed by atoms with Crippen molar-refractivity contribution >= 4 is 5.91 Å². The van der Waals surface area contributed by atoms with Gasteiger partial charge in [-0.25, -0.2) is 0 Å². The second-order valence-electron chi connectivity index (χ2n) is 5.85. The van der Waals surface area contributed by atoms with Gasteiger partial charge in [0.1, 0.15) is 5.72 Å². The topological polar surface area (TPSA) is 55.6 Å². The van der Waals surface area contributed by atoms with Crippen LogP contribution >= 0.6 is 0 Å². The monoisotopic (exact) mass is 312 g/mol. The van der Waals surface area contributed by atoms with Gasteiger partial charge in [0.15, 0.2) is 0 Å². The van der Waals surface area contributed by atoms with Crippen LogP contribution in [0.15, 0.2) is 60.7 Å². The summed E-state index contributed by atoms with van der Waals surface area (Å²) in [6, 6.07) is 20.3. The van der Waals surface area contributed by atoms with Crippen LogP contribution in [0.5, 0.6) is 0 Å². The lowest BCUT2D eigenvalue weighted by Crippen LogP contribution is -2.49. The third kappa shape index (κ3) is 4.91. The molecule has 1 unspecified atom stereocenters. The summed E-state index contributed by atoms with van der Waals surface area (Å²) in [5.74, 6) is -0.375. The van der Waals surface area contributed by atoms with E-state index in [-0.39, 0.29) is 12.3 Å². The normalized spacial score (nSPS) is 13.7. The summed E-state index contributed by atoms with van der Waals surface area (Å²) in [7, 11) is 1.62. The van der Waals surface area contributed by atoms with Gasteiger partial charge in [0, 0.05) is 20.2 Å². The average molecular weight is 312 g/mol. The number of rotatable bonds is 8. The summed E-state index contributed by atoms with van der Waals surface area (Å²) in [5.41, 5.74) is 7.01. The molecule has 2 N–H and O–H groups in total. The highest BCUT2D eigenvalue weighted by Crippen LogP contribution is 2.25. The first-order chi connectivity index (χ1) is 11.0. The fourth-order valence-corrected chi connectivity index (χ4v) is 2.63. The number of carbonyl (C=O) groups is 1. The number of benzene rings is 2. The van der Waals surface area contributed by atoms with Crippen LogP contribution in [0.2, 0.25) is 0 Å². The molecule has 1 amide bonds. The largest absolute Gasteiger partial charge is 0.370 e. The van der Waals surface area contributed by atoms with E-state index in [1.807, 2.05) is 43.3 Å². The molecule has 2 rings (SSSR count). The maximum atomic E-state index is 11.5. The van der Waals surface area contributed by atoms with Crippen molar-refractivity contribution in [3.05, 3.63) is 71.8 Å². The Morgan fingerprint density at radius 1 is 1.00 bits per heavy atom. The Morgan fingerprint density at radius 3 is 1.78 bits per heavy atom. The second-order valence-corrected chi connectivity index (χ2v) is 5.85. The van der Waals surface area contributed by atoms with E-state index in [9.17, 15) is 4.79 Å². The number of methoxy groups -OCH3 is 1. The number of hydrogen-bond acceptors (Lipinski definition) is 3. The molecule has 0 fully saturated rings. The number of amides is 1. The van der Waals surface area contributed by atoms with Crippen LogP contribution in [0.1, 0.15) is 24.5 Å². The van der Waals surface area contributed by atoms with Crippen molar-refractivity contribution < 1.29 is 9.53 Å². The Labute approximate surface area is 137 Å². The first kappa shape index (κ1) is 17.2. The van der Waals surface area contributed by atoms with Crippen molar-refractivity contribution in [1.29, 1.82) is 0 Å². The first-order valence-corrected chi connectivity index (χ1v) is 7.70. The molecule has 0 aliphatic carbocycles. The quantitative estimate of drug-likeness (QED) is 0.763. The summed E-state index contributed by atoms with van der Waals surface area (Å²) in [6.07, 6.45) is 0.142. The molecular formula is C19H24N2O2. The van der Waals surface area contributed by atoms with Crippen molar-refractivity contribution in [3.63, 3.8) is 0 Å². The Morgan fingerprint density at radius 2 is 1.43 bits per heavy atom. The van der Waals surface area contributed by atoms with Crippen LogP contribution in [-0.2, 0) is 22.6 Å². The average Bonchev–Trinajstić information content (AvgIpc) is 2.55. The van der Waals surface area contributed by atoms with E-state index in [1.54, 1.807) is 7.11 Å². The molecule has 0 radical (unpaired) electrons. The van der Waals surface area contributed by atoms with Gasteiger partial charge in [-0.3, -0.25) is 9.69 Å². The highest BCUT2D eigenvalue weighted by Gasteiger charge is 2.33. The standard InChI is InChI=1S/C19H24N2O2/c1-19(23-2,13-18(20)22)21(14-16-9-5-3-6-10-16)15-17-11-7-4-8-12-17/h3-12H,13-15H2,1-2H3,(H2,20,22). The third-order valence-electron chi connectivity index (χ3n) is 4.04. The fourth-order valence-electron chi connectivity index (χ4n) is 2.63. The van der Waals surface area contributed by atoms with Crippen LogP contribution in [0.3, 0.4) is 0 Å². The molecule has 0 bridgehead atoms. The first-order valence-electron chi connectivity index (χ1n) is 7.70. The molecule has 4 heteroatoms. The number of nitrogens with two attached hydrogens (primary N) is 1. The van der Waals surface area contributed by atoms with Crippen molar-refractivity contribution in [2.75, 3.05) is 7.11 Å². The van der Waals surface area contributed by atoms with Gasteiger partial charge in [-0.1, -0.05) is 60.7 Å². The van der Waals surface area contributed by atoms with E-state index < -0.39 is 5.72 Å². The molecule has 2 aromatic rings. The van der Waals surface area contributed by atoms with Gasteiger partial charge < -0.3 is 10.5 Å². The highest BCUT2D eigenvalue weighted by molar-refractivity contribution is 5.74. The van der Waals surface area contributed by atoms with Crippen molar-refractivity contribution in [3.8, 4) is 0 Å². The highest BCUT2D eigenvalue weighted by atomic mass is 16.5. The minimum atomic E-state index is -0.752. The van der Waals surface area contributed by atoms with E-state index in [1.165, 1.54) is 0 Å². The molecule has 2 aromatic carbocycles. The minimum absolute atomic E-state index is 0.142. The van der Waals surface area contributed by atoms with Gasteiger partial charge in [0.25, 0.3) is 0 Å². The second kappa shape index (κ2) is 7.90. The molecule has 122 valence electrons. The Kier molecular flexibility index (Phi) is 5.90. The zero-order valence-corrected chi connectivity index (χ0v) is 13.7. The molecule has 4 nitrogen and oxygen atoms in total. The van der Waals surface area contributed by atoms with E-state index in [0.717, 1.165) is 11.1 Å². The van der Waals surface area contributed by atoms with Crippen LogP contribution in [0.25, 0.3) is 0 Å². The Balaban J connectivity index is 2.27.